The largest absolute Gasteiger partial charge is 0.355 e. The zero-order chi connectivity index (χ0) is 15.8. The van der Waals surface area contributed by atoms with Crippen LogP contribution in [-0.2, 0) is 9.59 Å². The van der Waals surface area contributed by atoms with E-state index in [2.05, 4.69) is 12.2 Å². The molecule has 0 spiro atoms. The molecular formula is C15H20Cl2N2O2. The molecule has 1 rings (SSSR count). The minimum absolute atomic E-state index is 0.0679. The standard InChI is InChI=1S/C15H20Cl2N2O2/c1-3-4-5-8-18-15(21)10-19(11(2)20)14-9-12(16)6-7-13(14)17/h6-7,9H,3-5,8,10H2,1-2H3,(H,18,21). The fraction of sp³-hybridized carbons (Fsp3) is 0.467. The number of halogens is 2. The van der Waals surface area contributed by atoms with Crippen molar-refractivity contribution in [2.75, 3.05) is 18.0 Å². The highest BCUT2D eigenvalue weighted by Gasteiger charge is 2.18. The Hall–Kier alpha value is -1.26. The highest BCUT2D eigenvalue weighted by Crippen LogP contribution is 2.29. The molecule has 1 aromatic rings. The molecule has 0 saturated heterocycles. The molecule has 0 radical (unpaired) electrons. The topological polar surface area (TPSA) is 49.4 Å². The summed E-state index contributed by atoms with van der Waals surface area (Å²) in [6.45, 7) is 4.03. The lowest BCUT2D eigenvalue weighted by atomic mass is 10.2. The maximum Gasteiger partial charge on any atom is 0.240 e. The van der Waals surface area contributed by atoms with Gasteiger partial charge in [0.2, 0.25) is 11.8 Å². The van der Waals surface area contributed by atoms with E-state index in [0.29, 0.717) is 22.3 Å². The minimum atomic E-state index is -0.261. The summed E-state index contributed by atoms with van der Waals surface area (Å²) in [5.74, 6) is -0.472. The van der Waals surface area contributed by atoms with E-state index in [1.807, 2.05) is 0 Å². The average Bonchev–Trinajstić information content (AvgIpc) is 2.43. The van der Waals surface area contributed by atoms with Crippen LogP contribution in [0.5, 0.6) is 0 Å². The first-order chi connectivity index (χ1) is 9.95. The van der Waals surface area contributed by atoms with E-state index in [0.717, 1.165) is 19.3 Å². The molecule has 0 aliphatic heterocycles. The summed E-state index contributed by atoms with van der Waals surface area (Å²) in [7, 11) is 0. The maximum absolute atomic E-state index is 11.9. The molecule has 0 bridgehead atoms. The zero-order valence-corrected chi connectivity index (χ0v) is 13.8. The number of hydrogen-bond donors (Lipinski definition) is 1. The summed E-state index contributed by atoms with van der Waals surface area (Å²) in [5, 5.41) is 3.64. The second-order valence-electron chi connectivity index (χ2n) is 4.76. The number of nitrogens with zero attached hydrogens (tertiary/aromatic N) is 1. The normalized spacial score (nSPS) is 10.3. The Balaban J connectivity index is 2.72. The second-order valence-corrected chi connectivity index (χ2v) is 5.60. The lowest BCUT2D eigenvalue weighted by Crippen LogP contribution is -2.40. The third-order valence-electron chi connectivity index (χ3n) is 2.98. The first kappa shape index (κ1) is 17.8. The van der Waals surface area contributed by atoms with Crippen LogP contribution in [0.25, 0.3) is 0 Å². The Labute approximate surface area is 135 Å². The number of anilines is 1. The molecule has 1 N–H and O–H groups in total. The molecule has 1 aromatic carbocycles. The molecular weight excluding hydrogens is 311 g/mol. The molecule has 0 heterocycles. The number of benzene rings is 1. The number of hydrogen-bond acceptors (Lipinski definition) is 2. The van der Waals surface area contributed by atoms with E-state index in [-0.39, 0.29) is 18.4 Å². The summed E-state index contributed by atoms with van der Waals surface area (Å²) < 4.78 is 0. The van der Waals surface area contributed by atoms with Gasteiger partial charge >= 0.3 is 0 Å². The molecule has 0 saturated carbocycles. The van der Waals surface area contributed by atoms with Crippen LogP contribution in [0, 0.1) is 0 Å². The van der Waals surface area contributed by atoms with Gasteiger partial charge in [0.05, 0.1) is 10.7 Å². The smallest absolute Gasteiger partial charge is 0.240 e. The van der Waals surface area contributed by atoms with Crippen molar-refractivity contribution >= 4 is 40.7 Å². The van der Waals surface area contributed by atoms with Crippen LogP contribution in [0.4, 0.5) is 5.69 Å². The molecule has 0 aliphatic rings. The van der Waals surface area contributed by atoms with Crippen LogP contribution in [0.15, 0.2) is 18.2 Å². The predicted octanol–water partition coefficient (Wildman–Crippen LogP) is 3.65. The Morgan fingerprint density at radius 1 is 1.24 bits per heavy atom. The number of nitrogens with one attached hydrogen (secondary N) is 1. The molecule has 0 aliphatic carbocycles. The van der Waals surface area contributed by atoms with Gasteiger partial charge in [0, 0.05) is 18.5 Å². The van der Waals surface area contributed by atoms with Crippen LogP contribution in [-0.4, -0.2) is 24.9 Å². The van der Waals surface area contributed by atoms with Crippen molar-refractivity contribution in [1.82, 2.24) is 5.32 Å². The van der Waals surface area contributed by atoms with Gasteiger partial charge in [-0.3, -0.25) is 9.59 Å². The summed E-state index contributed by atoms with van der Waals surface area (Å²) >= 11 is 12.0. The van der Waals surface area contributed by atoms with Gasteiger partial charge in [0.1, 0.15) is 6.54 Å². The van der Waals surface area contributed by atoms with E-state index < -0.39 is 0 Å². The summed E-state index contributed by atoms with van der Waals surface area (Å²) in [5.41, 5.74) is 0.445. The Kier molecular flexibility index (Phi) is 7.54. The lowest BCUT2D eigenvalue weighted by molar-refractivity contribution is -0.123. The third kappa shape index (κ3) is 5.94. The van der Waals surface area contributed by atoms with Crippen molar-refractivity contribution in [2.45, 2.75) is 33.1 Å². The predicted molar refractivity (Wildman–Crippen MR) is 87.0 cm³/mol. The SMILES string of the molecule is CCCCCNC(=O)CN(C(C)=O)c1cc(Cl)ccc1Cl. The molecule has 0 aromatic heterocycles. The van der Waals surface area contributed by atoms with Crippen molar-refractivity contribution in [3.8, 4) is 0 Å². The molecule has 0 fully saturated rings. The number of amides is 2. The van der Waals surface area contributed by atoms with Gasteiger partial charge in [0.25, 0.3) is 0 Å². The Bertz CT molecular complexity index is 506. The van der Waals surface area contributed by atoms with Gasteiger partial charge in [0.15, 0.2) is 0 Å². The molecule has 116 valence electrons. The Morgan fingerprint density at radius 3 is 2.57 bits per heavy atom. The number of carbonyl (C=O) groups is 2. The van der Waals surface area contributed by atoms with Gasteiger partial charge < -0.3 is 10.2 Å². The van der Waals surface area contributed by atoms with Crippen molar-refractivity contribution in [2.24, 2.45) is 0 Å². The van der Waals surface area contributed by atoms with Crippen LogP contribution in [0.2, 0.25) is 10.0 Å². The first-order valence-corrected chi connectivity index (χ1v) is 7.71. The molecule has 21 heavy (non-hydrogen) atoms. The molecule has 6 heteroatoms. The summed E-state index contributed by atoms with van der Waals surface area (Å²) in [6, 6.07) is 4.82. The van der Waals surface area contributed by atoms with Crippen molar-refractivity contribution in [3.63, 3.8) is 0 Å². The van der Waals surface area contributed by atoms with Crippen LogP contribution < -0.4 is 10.2 Å². The Morgan fingerprint density at radius 2 is 1.95 bits per heavy atom. The fourth-order valence-corrected chi connectivity index (χ4v) is 2.25. The molecule has 0 atom stereocenters. The van der Waals surface area contributed by atoms with E-state index in [9.17, 15) is 9.59 Å². The fourth-order valence-electron chi connectivity index (χ4n) is 1.86. The maximum atomic E-state index is 11.9. The number of carbonyl (C=O) groups excluding carboxylic acids is 2. The van der Waals surface area contributed by atoms with E-state index in [4.69, 9.17) is 23.2 Å². The second kappa shape index (κ2) is 8.90. The van der Waals surface area contributed by atoms with Gasteiger partial charge in [-0.05, 0) is 24.6 Å². The van der Waals surface area contributed by atoms with E-state index in [1.54, 1.807) is 18.2 Å². The van der Waals surface area contributed by atoms with Crippen molar-refractivity contribution < 1.29 is 9.59 Å². The van der Waals surface area contributed by atoms with Gasteiger partial charge in [-0.2, -0.15) is 0 Å². The minimum Gasteiger partial charge on any atom is -0.355 e. The van der Waals surface area contributed by atoms with E-state index in [1.165, 1.54) is 11.8 Å². The zero-order valence-electron chi connectivity index (χ0n) is 12.3. The van der Waals surface area contributed by atoms with Gasteiger partial charge in [-0.1, -0.05) is 43.0 Å². The molecule has 4 nitrogen and oxygen atoms in total. The van der Waals surface area contributed by atoms with Crippen LogP contribution >= 0.6 is 23.2 Å². The quantitative estimate of drug-likeness (QED) is 0.775. The van der Waals surface area contributed by atoms with E-state index >= 15 is 0 Å². The third-order valence-corrected chi connectivity index (χ3v) is 3.54. The van der Waals surface area contributed by atoms with Crippen molar-refractivity contribution in [1.29, 1.82) is 0 Å². The highest BCUT2D eigenvalue weighted by molar-refractivity contribution is 6.35. The number of rotatable bonds is 7. The number of unbranched alkanes of at least 4 members (excludes halogenated alkanes) is 2. The average molecular weight is 331 g/mol. The molecule has 2 amide bonds. The summed E-state index contributed by atoms with van der Waals surface area (Å²) in [4.78, 5) is 25.0. The lowest BCUT2D eigenvalue weighted by Gasteiger charge is -2.22. The van der Waals surface area contributed by atoms with Crippen LogP contribution in [0.3, 0.4) is 0 Å². The van der Waals surface area contributed by atoms with Gasteiger partial charge in [-0.15, -0.1) is 0 Å². The summed E-state index contributed by atoms with van der Waals surface area (Å²) in [6.07, 6.45) is 3.09. The highest BCUT2D eigenvalue weighted by atomic mass is 35.5. The molecule has 0 unspecified atom stereocenters. The van der Waals surface area contributed by atoms with Gasteiger partial charge in [-0.25, -0.2) is 0 Å². The van der Waals surface area contributed by atoms with Crippen LogP contribution in [0.1, 0.15) is 33.1 Å². The monoisotopic (exact) mass is 330 g/mol. The van der Waals surface area contributed by atoms with Crippen molar-refractivity contribution in [3.05, 3.63) is 28.2 Å². The first-order valence-electron chi connectivity index (χ1n) is 6.95.